The van der Waals surface area contributed by atoms with Crippen LogP contribution in [0.15, 0.2) is 28.7 Å². The first kappa shape index (κ1) is 15.4. The second-order valence-corrected chi connectivity index (χ2v) is 6.78. The van der Waals surface area contributed by atoms with Gasteiger partial charge in [0, 0.05) is 10.2 Å². The molecule has 0 radical (unpaired) electrons. The zero-order chi connectivity index (χ0) is 14.7. The Labute approximate surface area is 130 Å². The van der Waals surface area contributed by atoms with Crippen molar-refractivity contribution in [3.63, 3.8) is 0 Å². The first-order valence-electron chi connectivity index (χ1n) is 6.43. The van der Waals surface area contributed by atoms with Crippen molar-refractivity contribution in [2.24, 2.45) is 0 Å². The summed E-state index contributed by atoms with van der Waals surface area (Å²) in [6, 6.07) is 6.82. The molecule has 2 rings (SSSR count). The maximum absolute atomic E-state index is 12.4. The Hall–Kier alpha value is -1.01. The quantitative estimate of drug-likeness (QED) is 0.899. The molecule has 1 aromatic rings. The average Bonchev–Trinajstić information content (AvgIpc) is 2.85. The lowest BCUT2D eigenvalue weighted by Crippen LogP contribution is -2.46. The molecule has 1 aliphatic rings. The normalized spacial score (nSPS) is 22.0. The first-order chi connectivity index (χ1) is 9.52. The molecule has 1 fully saturated rings. The predicted octanol–water partition coefficient (Wildman–Crippen LogP) is 2.76. The molecule has 0 bridgehead atoms. The van der Waals surface area contributed by atoms with E-state index in [2.05, 4.69) is 15.9 Å². The minimum atomic E-state index is -0.919. The molecule has 1 aromatic carbocycles. The summed E-state index contributed by atoms with van der Waals surface area (Å²) < 4.78 is 0.959. The summed E-state index contributed by atoms with van der Waals surface area (Å²) in [5.74, 6) is -0.561. The zero-order valence-electron chi connectivity index (χ0n) is 11.1. The van der Waals surface area contributed by atoms with Crippen molar-refractivity contribution in [1.82, 2.24) is 4.90 Å². The largest absolute Gasteiger partial charge is 0.480 e. The monoisotopic (exact) mass is 357 g/mol. The number of carbonyl (C=O) groups excluding carboxylic acids is 1. The third kappa shape index (κ3) is 3.35. The number of carboxylic acids is 1. The summed E-state index contributed by atoms with van der Waals surface area (Å²) in [5.41, 5.74) is 0.897. The molecule has 2 unspecified atom stereocenters. The van der Waals surface area contributed by atoms with E-state index >= 15 is 0 Å². The Morgan fingerprint density at radius 1 is 1.40 bits per heavy atom. The summed E-state index contributed by atoms with van der Waals surface area (Å²) in [5, 5.41) is 9.21. The fraction of sp³-hybridized carbons (Fsp3) is 0.429. The molecule has 108 valence electrons. The number of carbonyl (C=O) groups is 2. The van der Waals surface area contributed by atoms with Gasteiger partial charge >= 0.3 is 5.97 Å². The van der Waals surface area contributed by atoms with Gasteiger partial charge in [0.25, 0.3) is 0 Å². The van der Waals surface area contributed by atoms with Gasteiger partial charge in [-0.15, -0.1) is 11.8 Å². The van der Waals surface area contributed by atoms with Crippen LogP contribution in [0.5, 0.6) is 0 Å². The molecule has 1 heterocycles. The van der Waals surface area contributed by atoms with E-state index in [4.69, 9.17) is 0 Å². The number of nitrogens with zero attached hydrogens (tertiary/aromatic N) is 1. The lowest BCUT2D eigenvalue weighted by atomic mass is 10.1. The van der Waals surface area contributed by atoms with Gasteiger partial charge in [-0.3, -0.25) is 4.79 Å². The van der Waals surface area contributed by atoms with E-state index in [1.807, 2.05) is 31.2 Å². The Balaban J connectivity index is 2.12. The molecule has 1 N–H and O–H groups in total. The SMILES string of the molecule is CCC1SCC(C(=O)O)N1C(=O)Cc1ccc(Br)cc1. The molecule has 0 aliphatic carbocycles. The number of aliphatic carboxylic acids is 1. The van der Waals surface area contributed by atoms with Crippen LogP contribution in [-0.4, -0.2) is 39.1 Å². The van der Waals surface area contributed by atoms with Crippen molar-refractivity contribution in [2.45, 2.75) is 31.2 Å². The summed E-state index contributed by atoms with van der Waals surface area (Å²) in [7, 11) is 0. The molecule has 0 saturated carbocycles. The summed E-state index contributed by atoms with van der Waals surface area (Å²) >= 11 is 4.90. The van der Waals surface area contributed by atoms with Gasteiger partial charge in [-0.1, -0.05) is 35.0 Å². The van der Waals surface area contributed by atoms with Crippen LogP contribution in [0.25, 0.3) is 0 Å². The van der Waals surface area contributed by atoms with Crippen molar-refractivity contribution in [3.8, 4) is 0 Å². The molecule has 20 heavy (non-hydrogen) atoms. The minimum absolute atomic E-state index is 0.0287. The summed E-state index contributed by atoms with van der Waals surface area (Å²) in [4.78, 5) is 25.2. The van der Waals surface area contributed by atoms with Crippen LogP contribution in [0.1, 0.15) is 18.9 Å². The van der Waals surface area contributed by atoms with E-state index in [9.17, 15) is 14.7 Å². The number of halogens is 1. The van der Waals surface area contributed by atoms with Crippen molar-refractivity contribution in [3.05, 3.63) is 34.3 Å². The van der Waals surface area contributed by atoms with Crippen LogP contribution in [0.3, 0.4) is 0 Å². The second kappa shape index (κ2) is 6.63. The Bertz CT molecular complexity index is 506. The number of benzene rings is 1. The molecule has 1 aliphatic heterocycles. The van der Waals surface area contributed by atoms with Crippen LogP contribution in [0.2, 0.25) is 0 Å². The van der Waals surface area contributed by atoms with Gasteiger partial charge in [0.05, 0.1) is 11.8 Å². The Kier molecular flexibility index (Phi) is 5.10. The standard InChI is InChI=1S/C14H16BrNO3S/c1-2-13-16(11(8-20-13)14(18)19)12(17)7-9-3-5-10(15)6-4-9/h3-6,11,13H,2,7-8H2,1H3,(H,18,19). The fourth-order valence-electron chi connectivity index (χ4n) is 2.27. The summed E-state index contributed by atoms with van der Waals surface area (Å²) in [6.45, 7) is 1.97. The Morgan fingerprint density at radius 3 is 2.60 bits per heavy atom. The molecule has 1 saturated heterocycles. The highest BCUT2D eigenvalue weighted by Crippen LogP contribution is 2.32. The van der Waals surface area contributed by atoms with Gasteiger partial charge in [-0.25, -0.2) is 4.79 Å². The third-order valence-corrected chi connectivity index (χ3v) is 5.27. The highest BCUT2D eigenvalue weighted by Gasteiger charge is 2.40. The van der Waals surface area contributed by atoms with E-state index < -0.39 is 12.0 Å². The van der Waals surface area contributed by atoms with Crippen LogP contribution in [0.4, 0.5) is 0 Å². The maximum atomic E-state index is 12.4. The molecule has 4 nitrogen and oxygen atoms in total. The van der Waals surface area contributed by atoms with Crippen molar-refractivity contribution in [1.29, 1.82) is 0 Å². The van der Waals surface area contributed by atoms with Crippen LogP contribution in [0, 0.1) is 0 Å². The average molecular weight is 358 g/mol. The van der Waals surface area contributed by atoms with Gasteiger partial charge < -0.3 is 10.0 Å². The molecule has 2 atom stereocenters. The number of carboxylic acid groups (broad SMARTS) is 1. The number of hydrogen-bond donors (Lipinski definition) is 1. The van der Waals surface area contributed by atoms with E-state index in [0.29, 0.717) is 5.75 Å². The molecule has 6 heteroatoms. The summed E-state index contributed by atoms with van der Waals surface area (Å²) in [6.07, 6.45) is 1.01. The number of rotatable bonds is 4. The van der Waals surface area contributed by atoms with Crippen LogP contribution < -0.4 is 0 Å². The predicted molar refractivity (Wildman–Crippen MR) is 82.7 cm³/mol. The van der Waals surface area contributed by atoms with E-state index in [1.54, 1.807) is 11.8 Å². The second-order valence-electron chi connectivity index (χ2n) is 4.65. The van der Waals surface area contributed by atoms with E-state index in [-0.39, 0.29) is 17.7 Å². The highest BCUT2D eigenvalue weighted by molar-refractivity contribution is 9.10. The lowest BCUT2D eigenvalue weighted by Gasteiger charge is -2.26. The van der Waals surface area contributed by atoms with Gasteiger partial charge in [-0.2, -0.15) is 0 Å². The van der Waals surface area contributed by atoms with Gasteiger partial charge in [0.1, 0.15) is 6.04 Å². The van der Waals surface area contributed by atoms with Crippen molar-refractivity contribution in [2.75, 3.05) is 5.75 Å². The van der Waals surface area contributed by atoms with Crippen LogP contribution in [-0.2, 0) is 16.0 Å². The molecule has 0 aromatic heterocycles. The minimum Gasteiger partial charge on any atom is -0.480 e. The van der Waals surface area contributed by atoms with Crippen molar-refractivity contribution >= 4 is 39.6 Å². The lowest BCUT2D eigenvalue weighted by molar-refractivity contribution is -0.148. The first-order valence-corrected chi connectivity index (χ1v) is 8.27. The van der Waals surface area contributed by atoms with Gasteiger partial charge in [0.15, 0.2) is 0 Å². The fourth-order valence-corrected chi connectivity index (χ4v) is 3.90. The Morgan fingerprint density at radius 2 is 2.05 bits per heavy atom. The van der Waals surface area contributed by atoms with Crippen molar-refractivity contribution < 1.29 is 14.7 Å². The van der Waals surface area contributed by atoms with Gasteiger partial charge in [-0.05, 0) is 24.1 Å². The number of amides is 1. The molecule has 0 spiro atoms. The van der Waals surface area contributed by atoms with Crippen LogP contribution >= 0.6 is 27.7 Å². The maximum Gasteiger partial charge on any atom is 0.327 e. The zero-order valence-corrected chi connectivity index (χ0v) is 13.5. The third-order valence-electron chi connectivity index (χ3n) is 3.28. The molecule has 1 amide bonds. The number of hydrogen-bond acceptors (Lipinski definition) is 3. The number of thioether (sulfide) groups is 1. The van der Waals surface area contributed by atoms with E-state index in [1.165, 1.54) is 4.90 Å². The topological polar surface area (TPSA) is 57.6 Å². The highest BCUT2D eigenvalue weighted by atomic mass is 79.9. The van der Waals surface area contributed by atoms with E-state index in [0.717, 1.165) is 16.5 Å². The smallest absolute Gasteiger partial charge is 0.327 e. The molecular formula is C14H16BrNO3S. The van der Waals surface area contributed by atoms with Gasteiger partial charge in [0.2, 0.25) is 5.91 Å². The molecular weight excluding hydrogens is 342 g/mol.